The number of aryl methyl sites for hydroxylation is 2. The standard InChI is InChI=1S/C15H22.C14H18O.C4H10O/c1-4-8-14(9-5-2)12-15-11-7-6-10-13(15)3;1-3-5-14(15)11-10-13-8-6-12(4-2)7-9-13;1-2-3-4-5/h6-7,10-12H,4-5,8-9H2,1-3H3;6-11H,3-5H2,1-2H3;5H,2-4H2,1H3/b;11-10+;. The number of carbonyl (C=O) groups is 1. The van der Waals surface area contributed by atoms with E-state index >= 15 is 0 Å². The van der Waals surface area contributed by atoms with E-state index in [2.05, 4.69) is 89.2 Å². The van der Waals surface area contributed by atoms with Crippen LogP contribution in [0.4, 0.5) is 0 Å². The zero-order valence-corrected chi connectivity index (χ0v) is 23.3. The lowest BCUT2D eigenvalue weighted by atomic mass is 10.00. The van der Waals surface area contributed by atoms with Crippen molar-refractivity contribution in [1.29, 1.82) is 0 Å². The predicted molar refractivity (Wildman–Crippen MR) is 156 cm³/mol. The number of allylic oxidation sites excluding steroid dienone is 2. The minimum atomic E-state index is 0.206. The summed E-state index contributed by atoms with van der Waals surface area (Å²) in [6.07, 6.45) is 15.6. The summed E-state index contributed by atoms with van der Waals surface area (Å²) in [4.78, 5) is 11.3. The van der Waals surface area contributed by atoms with Gasteiger partial charge in [-0.15, -0.1) is 0 Å². The van der Waals surface area contributed by atoms with E-state index in [0.717, 1.165) is 31.2 Å². The second-order valence-corrected chi connectivity index (χ2v) is 8.88. The molecular formula is C33H50O2. The van der Waals surface area contributed by atoms with Crippen LogP contribution in [-0.4, -0.2) is 17.5 Å². The molecule has 194 valence electrons. The molecule has 2 nitrogen and oxygen atoms in total. The first-order valence-corrected chi connectivity index (χ1v) is 13.6. The molecular weight excluding hydrogens is 428 g/mol. The second-order valence-electron chi connectivity index (χ2n) is 8.88. The van der Waals surface area contributed by atoms with E-state index in [4.69, 9.17) is 5.11 Å². The van der Waals surface area contributed by atoms with Crippen molar-refractivity contribution < 1.29 is 9.90 Å². The van der Waals surface area contributed by atoms with Gasteiger partial charge in [0.1, 0.15) is 0 Å². The molecule has 0 unspecified atom stereocenters. The van der Waals surface area contributed by atoms with Crippen LogP contribution in [0.1, 0.15) is 108 Å². The van der Waals surface area contributed by atoms with Crippen LogP contribution in [-0.2, 0) is 11.2 Å². The summed E-state index contributed by atoms with van der Waals surface area (Å²) in [6, 6.07) is 16.9. The lowest BCUT2D eigenvalue weighted by Crippen LogP contribution is -1.89. The zero-order valence-electron chi connectivity index (χ0n) is 23.3. The summed E-state index contributed by atoms with van der Waals surface area (Å²) >= 11 is 0. The van der Waals surface area contributed by atoms with Crippen LogP contribution < -0.4 is 0 Å². The van der Waals surface area contributed by atoms with Gasteiger partial charge < -0.3 is 5.11 Å². The Kier molecular flexibility index (Phi) is 20.5. The van der Waals surface area contributed by atoms with Gasteiger partial charge in [-0.3, -0.25) is 4.79 Å². The fraction of sp³-hybridized carbons (Fsp3) is 0.485. The molecule has 2 heteroatoms. The van der Waals surface area contributed by atoms with Crippen LogP contribution in [0.3, 0.4) is 0 Å². The highest BCUT2D eigenvalue weighted by molar-refractivity contribution is 5.93. The first-order chi connectivity index (χ1) is 16.9. The average Bonchev–Trinajstić information content (AvgIpc) is 2.86. The lowest BCUT2D eigenvalue weighted by molar-refractivity contribution is -0.114. The van der Waals surface area contributed by atoms with E-state index in [1.807, 2.05) is 13.0 Å². The van der Waals surface area contributed by atoms with Gasteiger partial charge in [-0.1, -0.05) is 120 Å². The van der Waals surface area contributed by atoms with Crippen LogP contribution in [0.25, 0.3) is 12.2 Å². The third-order valence-corrected chi connectivity index (χ3v) is 5.55. The highest BCUT2D eigenvalue weighted by atomic mass is 16.2. The minimum absolute atomic E-state index is 0.206. The van der Waals surface area contributed by atoms with Gasteiger partial charge in [-0.05, 0) is 67.4 Å². The molecule has 35 heavy (non-hydrogen) atoms. The molecule has 0 spiro atoms. The zero-order chi connectivity index (χ0) is 26.3. The van der Waals surface area contributed by atoms with Gasteiger partial charge >= 0.3 is 0 Å². The fourth-order valence-electron chi connectivity index (χ4n) is 3.42. The summed E-state index contributed by atoms with van der Waals surface area (Å²) in [5, 5.41) is 8.07. The molecule has 0 fully saturated rings. The van der Waals surface area contributed by atoms with Crippen LogP contribution in [0.5, 0.6) is 0 Å². The second kappa shape index (κ2) is 22.0. The number of aliphatic hydroxyl groups is 1. The number of rotatable bonds is 12. The van der Waals surface area contributed by atoms with Gasteiger partial charge in [0.25, 0.3) is 0 Å². The number of benzene rings is 2. The summed E-state index contributed by atoms with van der Waals surface area (Å²) in [5.41, 5.74) is 6.77. The van der Waals surface area contributed by atoms with Gasteiger partial charge in [0.05, 0.1) is 0 Å². The quantitative estimate of drug-likeness (QED) is 0.308. The average molecular weight is 479 g/mol. The topological polar surface area (TPSA) is 37.3 Å². The highest BCUT2D eigenvalue weighted by Gasteiger charge is 1.98. The molecule has 0 saturated carbocycles. The van der Waals surface area contributed by atoms with E-state index < -0.39 is 0 Å². The largest absolute Gasteiger partial charge is 0.396 e. The minimum Gasteiger partial charge on any atom is -0.396 e. The van der Waals surface area contributed by atoms with Crippen molar-refractivity contribution in [2.75, 3.05) is 6.61 Å². The Morgan fingerprint density at radius 1 is 0.800 bits per heavy atom. The Balaban J connectivity index is 0.000000555. The third-order valence-electron chi connectivity index (χ3n) is 5.55. The fourth-order valence-corrected chi connectivity index (χ4v) is 3.42. The smallest absolute Gasteiger partial charge is 0.155 e. The molecule has 0 aliphatic carbocycles. The summed E-state index contributed by atoms with van der Waals surface area (Å²) in [5.74, 6) is 0.206. The van der Waals surface area contributed by atoms with Crippen LogP contribution in [0.15, 0.2) is 60.2 Å². The molecule has 0 amide bonds. The molecule has 1 N–H and O–H groups in total. The highest BCUT2D eigenvalue weighted by Crippen LogP contribution is 2.18. The van der Waals surface area contributed by atoms with Gasteiger partial charge in [0.15, 0.2) is 5.78 Å². The van der Waals surface area contributed by atoms with Crippen molar-refractivity contribution in [3.63, 3.8) is 0 Å². The van der Waals surface area contributed by atoms with Crippen LogP contribution in [0, 0.1) is 6.92 Å². The molecule has 0 aliphatic heterocycles. The Bertz CT molecular complexity index is 834. The third kappa shape index (κ3) is 16.8. The lowest BCUT2D eigenvalue weighted by Gasteiger charge is -2.06. The maximum Gasteiger partial charge on any atom is 0.155 e. The monoisotopic (exact) mass is 478 g/mol. The molecule has 2 aromatic carbocycles. The maximum absolute atomic E-state index is 11.3. The summed E-state index contributed by atoms with van der Waals surface area (Å²) in [7, 11) is 0. The van der Waals surface area contributed by atoms with Gasteiger partial charge in [0.2, 0.25) is 0 Å². The Labute approximate surface area is 216 Å². The number of ketones is 1. The molecule has 0 saturated heterocycles. The van der Waals surface area contributed by atoms with E-state index in [1.165, 1.54) is 42.4 Å². The first-order valence-electron chi connectivity index (χ1n) is 13.6. The molecule has 0 aliphatic rings. The SMILES string of the molecule is CCCC(=Cc1ccccc1C)CCC.CCCC(=O)/C=C/c1ccc(CC)cc1.CCCCO. The number of unbranched alkanes of at least 4 members (excludes halogenated alkanes) is 1. The van der Waals surface area contributed by atoms with Gasteiger partial charge in [-0.25, -0.2) is 0 Å². The Hall–Kier alpha value is -2.45. The molecule has 0 bridgehead atoms. The van der Waals surface area contributed by atoms with E-state index in [1.54, 1.807) is 11.6 Å². The molecule has 0 heterocycles. The van der Waals surface area contributed by atoms with Crippen molar-refractivity contribution in [3.05, 3.63) is 82.4 Å². The Morgan fingerprint density at radius 2 is 1.40 bits per heavy atom. The molecule has 0 aromatic heterocycles. The molecule has 0 atom stereocenters. The van der Waals surface area contributed by atoms with Crippen molar-refractivity contribution >= 4 is 17.9 Å². The Morgan fingerprint density at radius 3 is 1.86 bits per heavy atom. The first kappa shape index (κ1) is 32.5. The summed E-state index contributed by atoms with van der Waals surface area (Å²) < 4.78 is 0. The van der Waals surface area contributed by atoms with E-state index in [9.17, 15) is 4.79 Å². The van der Waals surface area contributed by atoms with E-state index in [0.29, 0.717) is 13.0 Å². The van der Waals surface area contributed by atoms with Crippen molar-refractivity contribution in [2.24, 2.45) is 0 Å². The molecule has 2 aromatic rings. The number of hydrogen-bond donors (Lipinski definition) is 1. The van der Waals surface area contributed by atoms with Crippen molar-refractivity contribution in [3.8, 4) is 0 Å². The van der Waals surface area contributed by atoms with Gasteiger partial charge in [0, 0.05) is 13.0 Å². The normalized spacial score (nSPS) is 10.1. The number of carbonyl (C=O) groups excluding carboxylic acids is 1. The van der Waals surface area contributed by atoms with Crippen molar-refractivity contribution in [1.82, 2.24) is 0 Å². The molecule has 2 rings (SSSR count). The van der Waals surface area contributed by atoms with Crippen LogP contribution in [0.2, 0.25) is 0 Å². The molecule has 0 radical (unpaired) electrons. The predicted octanol–water partition coefficient (Wildman–Crippen LogP) is 9.39. The number of aliphatic hydroxyl groups excluding tert-OH is 1. The van der Waals surface area contributed by atoms with Gasteiger partial charge in [-0.2, -0.15) is 0 Å². The van der Waals surface area contributed by atoms with Crippen molar-refractivity contribution in [2.45, 2.75) is 99.3 Å². The van der Waals surface area contributed by atoms with Crippen LogP contribution >= 0.6 is 0 Å². The maximum atomic E-state index is 11.3. The van der Waals surface area contributed by atoms with E-state index in [-0.39, 0.29) is 5.78 Å². The number of hydrogen-bond acceptors (Lipinski definition) is 2. The summed E-state index contributed by atoms with van der Waals surface area (Å²) in [6.45, 7) is 13.2.